The molecule has 0 saturated carbocycles. The van der Waals surface area contributed by atoms with Gasteiger partial charge in [-0.1, -0.05) is 41.0 Å². The van der Waals surface area contributed by atoms with Crippen molar-refractivity contribution in [1.29, 1.82) is 0 Å². The van der Waals surface area contributed by atoms with Crippen molar-refractivity contribution in [3.8, 4) is 0 Å². The maximum absolute atomic E-state index is 3.80. The van der Waals surface area contributed by atoms with Crippen LogP contribution >= 0.6 is 27.3 Å². The van der Waals surface area contributed by atoms with Crippen molar-refractivity contribution < 1.29 is 0 Å². The zero-order valence-corrected chi connectivity index (χ0v) is 16.4. The summed E-state index contributed by atoms with van der Waals surface area (Å²) in [7, 11) is 0. The summed E-state index contributed by atoms with van der Waals surface area (Å²) < 4.78 is 1.26. The van der Waals surface area contributed by atoms with Crippen molar-refractivity contribution in [1.82, 2.24) is 10.2 Å². The summed E-state index contributed by atoms with van der Waals surface area (Å²) in [6, 6.07) is 3.37. The van der Waals surface area contributed by atoms with Crippen LogP contribution in [-0.2, 0) is 6.54 Å². The van der Waals surface area contributed by atoms with E-state index in [1.54, 1.807) is 0 Å². The lowest BCUT2D eigenvalue weighted by molar-refractivity contribution is 0.0385. The van der Waals surface area contributed by atoms with Crippen molar-refractivity contribution in [2.75, 3.05) is 13.1 Å². The fourth-order valence-corrected chi connectivity index (χ4v) is 4.66. The van der Waals surface area contributed by atoms with Gasteiger partial charge in [-0.25, -0.2) is 0 Å². The molecule has 2 rings (SSSR count). The number of hydrogen-bond acceptors (Lipinski definition) is 3. The molecule has 0 spiro atoms. The summed E-state index contributed by atoms with van der Waals surface area (Å²) in [5, 5.41) is 5.98. The first kappa shape index (κ1) is 17.5. The first-order chi connectivity index (χ1) is 9.82. The van der Waals surface area contributed by atoms with Crippen LogP contribution < -0.4 is 5.32 Å². The van der Waals surface area contributed by atoms with E-state index in [1.165, 1.54) is 15.8 Å². The molecule has 2 heterocycles. The summed E-state index contributed by atoms with van der Waals surface area (Å²) in [5.74, 6) is 0.736. The predicted molar refractivity (Wildman–Crippen MR) is 96.9 cm³/mol. The van der Waals surface area contributed by atoms with Crippen LogP contribution in [0.4, 0.5) is 0 Å². The van der Waals surface area contributed by atoms with Gasteiger partial charge in [0.15, 0.2) is 0 Å². The third-order valence-corrected chi connectivity index (χ3v) is 6.72. The lowest BCUT2D eigenvalue weighted by Crippen LogP contribution is -2.61. The summed E-state index contributed by atoms with van der Waals surface area (Å²) in [6.07, 6.45) is 1.24. The van der Waals surface area contributed by atoms with E-state index in [2.05, 4.69) is 72.2 Å². The van der Waals surface area contributed by atoms with Crippen LogP contribution in [0.15, 0.2) is 15.9 Å². The van der Waals surface area contributed by atoms with Crippen LogP contribution in [-0.4, -0.2) is 30.1 Å². The van der Waals surface area contributed by atoms with Gasteiger partial charge in [-0.2, -0.15) is 0 Å². The molecule has 21 heavy (non-hydrogen) atoms. The van der Waals surface area contributed by atoms with Crippen LogP contribution in [0.3, 0.4) is 0 Å². The third-order valence-electron chi connectivity index (χ3n) is 4.81. The quantitative estimate of drug-likeness (QED) is 0.820. The highest BCUT2D eigenvalue weighted by atomic mass is 79.9. The standard InChI is InChI=1S/C17H29BrN2S/c1-6-12(2)14-10-20(11-15-13(18)7-8-21-15)16(9-19-14)17(3,4)5/h7-8,12,14,16,19H,6,9-11H2,1-5H3. The molecule has 4 heteroatoms. The van der Waals surface area contributed by atoms with Gasteiger partial charge >= 0.3 is 0 Å². The largest absolute Gasteiger partial charge is 0.311 e. The van der Waals surface area contributed by atoms with Crippen LogP contribution in [0.5, 0.6) is 0 Å². The third kappa shape index (κ3) is 4.31. The zero-order valence-electron chi connectivity index (χ0n) is 13.9. The Morgan fingerprint density at radius 1 is 1.48 bits per heavy atom. The molecule has 1 aromatic rings. The molecule has 3 atom stereocenters. The molecular formula is C17H29BrN2S. The van der Waals surface area contributed by atoms with Crippen LogP contribution in [0.25, 0.3) is 0 Å². The molecule has 0 amide bonds. The van der Waals surface area contributed by atoms with E-state index < -0.39 is 0 Å². The van der Waals surface area contributed by atoms with Gasteiger partial charge in [-0.05, 0) is 38.7 Å². The molecule has 1 saturated heterocycles. The van der Waals surface area contributed by atoms with E-state index in [0.717, 1.165) is 25.6 Å². The SMILES string of the molecule is CCC(C)C1CN(Cc2sccc2Br)C(C(C)(C)C)CN1. The van der Waals surface area contributed by atoms with Gasteiger partial charge in [0.05, 0.1) is 0 Å². The minimum atomic E-state index is 0.303. The Bertz CT molecular complexity index is 452. The van der Waals surface area contributed by atoms with Crippen molar-refractivity contribution in [2.24, 2.45) is 11.3 Å². The molecule has 0 aromatic carbocycles. The van der Waals surface area contributed by atoms with E-state index in [-0.39, 0.29) is 0 Å². The van der Waals surface area contributed by atoms with Crippen molar-refractivity contribution in [3.63, 3.8) is 0 Å². The average molecular weight is 373 g/mol. The highest BCUT2D eigenvalue weighted by Gasteiger charge is 2.36. The molecule has 2 nitrogen and oxygen atoms in total. The van der Waals surface area contributed by atoms with Gasteiger partial charge in [0, 0.05) is 41.1 Å². The Morgan fingerprint density at radius 2 is 2.19 bits per heavy atom. The Balaban J connectivity index is 2.15. The molecule has 1 aromatic heterocycles. The van der Waals surface area contributed by atoms with E-state index in [1.807, 2.05) is 11.3 Å². The van der Waals surface area contributed by atoms with Gasteiger partial charge in [0.25, 0.3) is 0 Å². The smallest absolute Gasteiger partial charge is 0.0343 e. The minimum absolute atomic E-state index is 0.303. The van der Waals surface area contributed by atoms with Crippen molar-refractivity contribution in [3.05, 3.63) is 20.8 Å². The Hall–Kier alpha value is 0.1000. The van der Waals surface area contributed by atoms with Crippen molar-refractivity contribution in [2.45, 2.75) is 59.7 Å². The van der Waals surface area contributed by atoms with E-state index in [9.17, 15) is 0 Å². The average Bonchev–Trinajstić information content (AvgIpc) is 2.82. The highest BCUT2D eigenvalue weighted by Crippen LogP contribution is 2.32. The predicted octanol–water partition coefficient (Wildman–Crippen LogP) is 4.75. The monoisotopic (exact) mass is 372 g/mol. The van der Waals surface area contributed by atoms with Gasteiger partial charge in [-0.15, -0.1) is 11.3 Å². The normalized spacial score (nSPS) is 26.0. The number of hydrogen-bond donors (Lipinski definition) is 1. The molecule has 0 bridgehead atoms. The minimum Gasteiger partial charge on any atom is -0.311 e. The lowest BCUT2D eigenvalue weighted by Gasteiger charge is -2.47. The topological polar surface area (TPSA) is 15.3 Å². The number of nitrogens with one attached hydrogen (secondary N) is 1. The fraction of sp³-hybridized carbons (Fsp3) is 0.765. The van der Waals surface area contributed by atoms with Crippen molar-refractivity contribution >= 4 is 27.3 Å². The molecule has 0 radical (unpaired) electrons. The molecule has 1 N–H and O–H groups in total. The maximum atomic E-state index is 3.80. The number of piperazine rings is 1. The molecule has 1 aliphatic rings. The van der Waals surface area contributed by atoms with Crippen LogP contribution in [0.1, 0.15) is 45.9 Å². The maximum Gasteiger partial charge on any atom is 0.0343 e. The molecule has 1 aliphatic heterocycles. The van der Waals surface area contributed by atoms with Gasteiger partial charge in [0.1, 0.15) is 0 Å². The second kappa shape index (κ2) is 7.12. The number of rotatable bonds is 4. The molecular weight excluding hydrogens is 344 g/mol. The van der Waals surface area contributed by atoms with E-state index in [0.29, 0.717) is 17.5 Å². The number of thiophene rings is 1. The van der Waals surface area contributed by atoms with Gasteiger partial charge in [-0.3, -0.25) is 4.90 Å². The van der Waals surface area contributed by atoms with E-state index in [4.69, 9.17) is 0 Å². The molecule has 0 aliphatic carbocycles. The number of nitrogens with zero attached hydrogens (tertiary/aromatic N) is 1. The van der Waals surface area contributed by atoms with Crippen LogP contribution in [0.2, 0.25) is 0 Å². The summed E-state index contributed by atoms with van der Waals surface area (Å²) in [4.78, 5) is 4.15. The molecule has 120 valence electrons. The Kier molecular flexibility index (Phi) is 5.91. The first-order valence-corrected chi connectivity index (χ1v) is 9.69. The highest BCUT2D eigenvalue weighted by molar-refractivity contribution is 9.10. The fourth-order valence-electron chi connectivity index (χ4n) is 3.15. The summed E-state index contributed by atoms with van der Waals surface area (Å²) in [5.41, 5.74) is 0.303. The lowest BCUT2D eigenvalue weighted by atomic mass is 9.82. The Morgan fingerprint density at radius 3 is 2.71 bits per heavy atom. The second-order valence-corrected chi connectivity index (χ2v) is 9.26. The zero-order chi connectivity index (χ0) is 15.6. The summed E-state index contributed by atoms with van der Waals surface area (Å²) >= 11 is 5.55. The second-order valence-electron chi connectivity index (χ2n) is 7.40. The van der Waals surface area contributed by atoms with Gasteiger partial charge in [0.2, 0.25) is 0 Å². The summed E-state index contributed by atoms with van der Waals surface area (Å²) in [6.45, 7) is 15.1. The Labute approximate surface area is 142 Å². The molecule has 3 unspecified atom stereocenters. The van der Waals surface area contributed by atoms with Crippen LogP contribution in [0, 0.1) is 11.3 Å². The number of halogens is 1. The molecule has 1 fully saturated rings. The van der Waals surface area contributed by atoms with Gasteiger partial charge < -0.3 is 5.32 Å². The van der Waals surface area contributed by atoms with E-state index >= 15 is 0 Å². The first-order valence-electron chi connectivity index (χ1n) is 8.02.